The quantitative estimate of drug-likeness (QED) is 0.692. The molecule has 1 atom stereocenters. The van der Waals surface area contributed by atoms with Crippen LogP contribution in [0, 0.1) is 0 Å². The first-order valence-electron chi connectivity index (χ1n) is 7.18. The number of piperidine rings is 1. The minimum Gasteiger partial charge on any atom is -0.398 e. The van der Waals surface area contributed by atoms with Gasteiger partial charge in [0.25, 0.3) is 0 Å². The molecule has 0 aromatic heterocycles. The first kappa shape index (κ1) is 16.2. The Morgan fingerprint density at radius 1 is 1.33 bits per heavy atom. The third-order valence-corrected chi connectivity index (χ3v) is 4.94. The lowest BCUT2D eigenvalue weighted by atomic mass is 9.98. The number of rotatable bonds is 5. The third-order valence-electron chi connectivity index (χ3n) is 4.03. The summed E-state index contributed by atoms with van der Waals surface area (Å²) in [5, 5.41) is 14.3. The summed E-state index contributed by atoms with van der Waals surface area (Å²) in [6, 6.07) is 4.99. The zero-order chi connectivity index (χ0) is 15.5. The lowest BCUT2D eigenvalue weighted by molar-refractivity contribution is 0.112. The average molecular weight is 313 g/mol. The number of aliphatic hydroxyl groups is 1. The molecule has 21 heavy (non-hydrogen) atoms. The van der Waals surface area contributed by atoms with Crippen LogP contribution < -0.4 is 10.9 Å². The van der Waals surface area contributed by atoms with Gasteiger partial charge in [-0.2, -0.15) is 0 Å². The van der Waals surface area contributed by atoms with Gasteiger partial charge in [-0.3, -0.25) is 4.90 Å². The van der Waals surface area contributed by atoms with Gasteiger partial charge in [0.1, 0.15) is 0 Å². The molecule has 1 aromatic carbocycles. The van der Waals surface area contributed by atoms with Gasteiger partial charge in [0.15, 0.2) is 0 Å². The molecule has 0 spiro atoms. The molecule has 1 unspecified atom stereocenters. The summed E-state index contributed by atoms with van der Waals surface area (Å²) in [6.07, 6.45) is 4.16. The molecule has 1 aliphatic heterocycles. The minimum absolute atomic E-state index is 0.0364. The summed E-state index contributed by atoms with van der Waals surface area (Å²) in [5.41, 5.74) is 7.29. The van der Waals surface area contributed by atoms with Crippen molar-refractivity contribution in [1.29, 1.82) is 0 Å². The molecule has 0 saturated carbocycles. The monoisotopic (exact) mass is 313 g/mol. The third kappa shape index (κ3) is 4.16. The second-order valence-electron chi connectivity index (χ2n) is 5.54. The predicted octanol–water partition coefficient (Wildman–Crippen LogP) is 0.653. The molecule has 1 fully saturated rings. The molecule has 1 saturated heterocycles. The van der Waals surface area contributed by atoms with Gasteiger partial charge in [0, 0.05) is 24.9 Å². The molecular formula is C14H23N3O3S. The molecular weight excluding hydrogens is 290 g/mol. The summed E-state index contributed by atoms with van der Waals surface area (Å²) in [7, 11) is -3.72. The summed E-state index contributed by atoms with van der Waals surface area (Å²) in [6.45, 7) is 1.82. The molecule has 1 heterocycles. The zero-order valence-electron chi connectivity index (χ0n) is 12.0. The van der Waals surface area contributed by atoms with Gasteiger partial charge in [-0.1, -0.05) is 12.5 Å². The summed E-state index contributed by atoms with van der Waals surface area (Å²) >= 11 is 0. The fraction of sp³-hybridized carbons (Fsp3) is 0.571. The van der Waals surface area contributed by atoms with Crippen LogP contribution in [0.4, 0.5) is 5.69 Å². The highest BCUT2D eigenvalue weighted by Gasteiger charge is 2.22. The smallest absolute Gasteiger partial charge is 0.238 e. The Balaban J connectivity index is 2.15. The number of nitrogen functional groups attached to an aromatic ring is 1. The van der Waals surface area contributed by atoms with Crippen LogP contribution in [0.25, 0.3) is 0 Å². The fourth-order valence-electron chi connectivity index (χ4n) is 2.86. The number of likely N-dealkylation sites (tertiary alicyclic amines) is 1. The minimum atomic E-state index is -3.72. The second-order valence-corrected chi connectivity index (χ2v) is 7.10. The van der Waals surface area contributed by atoms with Crippen molar-refractivity contribution in [3.63, 3.8) is 0 Å². The Bertz CT molecular complexity index is 587. The van der Waals surface area contributed by atoms with Crippen LogP contribution in [0.2, 0.25) is 0 Å². The van der Waals surface area contributed by atoms with E-state index in [4.69, 9.17) is 16.0 Å². The van der Waals surface area contributed by atoms with Crippen molar-refractivity contribution in [2.45, 2.75) is 43.2 Å². The van der Waals surface area contributed by atoms with E-state index in [1.54, 1.807) is 6.07 Å². The van der Waals surface area contributed by atoms with Crippen molar-refractivity contribution in [2.24, 2.45) is 5.14 Å². The normalized spacial score (nSPS) is 20.6. The van der Waals surface area contributed by atoms with E-state index in [0.717, 1.165) is 31.4 Å². The maximum atomic E-state index is 11.3. The molecule has 2 rings (SSSR count). The van der Waals surface area contributed by atoms with E-state index in [1.807, 2.05) is 0 Å². The maximum absolute atomic E-state index is 11.3. The molecule has 1 aromatic rings. The van der Waals surface area contributed by atoms with Gasteiger partial charge in [0.05, 0.1) is 4.90 Å². The Morgan fingerprint density at radius 2 is 2.10 bits per heavy atom. The maximum Gasteiger partial charge on any atom is 0.238 e. The number of benzene rings is 1. The molecule has 0 radical (unpaired) electrons. The number of aliphatic hydroxyl groups excluding tert-OH is 1. The summed E-state index contributed by atoms with van der Waals surface area (Å²) < 4.78 is 22.6. The van der Waals surface area contributed by atoms with Gasteiger partial charge in [-0.15, -0.1) is 0 Å². The first-order chi connectivity index (χ1) is 9.91. The number of hydrogen-bond acceptors (Lipinski definition) is 5. The molecule has 1 aliphatic rings. The fourth-order valence-corrected chi connectivity index (χ4v) is 3.41. The summed E-state index contributed by atoms with van der Waals surface area (Å²) in [5.74, 6) is 0. The number of hydrogen-bond donors (Lipinski definition) is 3. The standard InChI is InChI=1S/C14H23N3O3S/c15-14-9-13(21(16,19)20)5-4-11(14)10-17-7-2-1-3-12(17)6-8-18/h4-5,9,12,18H,1-3,6-8,10,15H2,(H2,16,19,20). The molecule has 5 N–H and O–H groups in total. The lowest BCUT2D eigenvalue weighted by Gasteiger charge is -2.35. The molecule has 6 nitrogen and oxygen atoms in total. The van der Waals surface area contributed by atoms with Crippen molar-refractivity contribution < 1.29 is 13.5 Å². The van der Waals surface area contributed by atoms with Crippen LogP contribution in [-0.2, 0) is 16.6 Å². The molecule has 0 aliphatic carbocycles. The van der Waals surface area contributed by atoms with Crippen LogP contribution in [-0.4, -0.2) is 37.6 Å². The zero-order valence-corrected chi connectivity index (χ0v) is 12.8. The van der Waals surface area contributed by atoms with Gasteiger partial charge in [-0.25, -0.2) is 13.6 Å². The van der Waals surface area contributed by atoms with Crippen LogP contribution in [0.3, 0.4) is 0 Å². The van der Waals surface area contributed by atoms with Crippen molar-refractivity contribution in [1.82, 2.24) is 4.90 Å². The Hall–Kier alpha value is -1.15. The van der Waals surface area contributed by atoms with Crippen molar-refractivity contribution in [3.05, 3.63) is 23.8 Å². The van der Waals surface area contributed by atoms with Crippen molar-refractivity contribution in [2.75, 3.05) is 18.9 Å². The second kappa shape index (κ2) is 6.74. The van der Waals surface area contributed by atoms with E-state index in [9.17, 15) is 8.42 Å². The van der Waals surface area contributed by atoms with Crippen LogP contribution in [0.1, 0.15) is 31.2 Å². The molecule has 0 amide bonds. The Labute approximate surface area is 125 Å². The van der Waals surface area contributed by atoms with E-state index >= 15 is 0 Å². The van der Waals surface area contributed by atoms with E-state index < -0.39 is 10.0 Å². The molecule has 118 valence electrons. The molecule has 7 heteroatoms. The van der Waals surface area contributed by atoms with Crippen LogP contribution >= 0.6 is 0 Å². The lowest BCUT2D eigenvalue weighted by Crippen LogP contribution is -2.39. The number of anilines is 1. The predicted molar refractivity (Wildman–Crippen MR) is 82.0 cm³/mol. The first-order valence-corrected chi connectivity index (χ1v) is 8.72. The number of primary sulfonamides is 1. The van der Waals surface area contributed by atoms with Gasteiger partial charge < -0.3 is 10.8 Å². The Morgan fingerprint density at radius 3 is 2.71 bits per heavy atom. The van der Waals surface area contributed by atoms with E-state index in [1.165, 1.54) is 18.6 Å². The van der Waals surface area contributed by atoms with E-state index in [-0.39, 0.29) is 11.5 Å². The topological polar surface area (TPSA) is 110 Å². The van der Waals surface area contributed by atoms with Gasteiger partial charge >= 0.3 is 0 Å². The van der Waals surface area contributed by atoms with Crippen molar-refractivity contribution in [3.8, 4) is 0 Å². The number of nitrogens with two attached hydrogens (primary N) is 2. The van der Waals surface area contributed by atoms with E-state index in [0.29, 0.717) is 18.3 Å². The van der Waals surface area contributed by atoms with Crippen LogP contribution in [0.15, 0.2) is 23.1 Å². The highest BCUT2D eigenvalue weighted by molar-refractivity contribution is 7.89. The van der Waals surface area contributed by atoms with E-state index in [2.05, 4.69) is 4.90 Å². The largest absolute Gasteiger partial charge is 0.398 e. The number of nitrogens with zero attached hydrogens (tertiary/aromatic N) is 1. The molecule has 0 bridgehead atoms. The van der Waals surface area contributed by atoms with Crippen molar-refractivity contribution >= 4 is 15.7 Å². The van der Waals surface area contributed by atoms with Crippen LogP contribution in [0.5, 0.6) is 0 Å². The van der Waals surface area contributed by atoms with Gasteiger partial charge in [0.2, 0.25) is 10.0 Å². The highest BCUT2D eigenvalue weighted by Crippen LogP contribution is 2.25. The highest BCUT2D eigenvalue weighted by atomic mass is 32.2. The SMILES string of the molecule is Nc1cc(S(N)(=O)=O)ccc1CN1CCCCC1CCO. The Kier molecular flexibility index (Phi) is 5.21. The summed E-state index contributed by atoms with van der Waals surface area (Å²) in [4.78, 5) is 2.34. The van der Waals surface area contributed by atoms with Gasteiger partial charge in [-0.05, 0) is 43.5 Å². The average Bonchev–Trinajstić information content (AvgIpc) is 2.42. The number of sulfonamides is 1.